The van der Waals surface area contributed by atoms with Gasteiger partial charge in [0.15, 0.2) is 0 Å². The van der Waals surface area contributed by atoms with Gasteiger partial charge in [-0.1, -0.05) is 31.0 Å². The van der Waals surface area contributed by atoms with Gasteiger partial charge in [0.1, 0.15) is 0 Å². The van der Waals surface area contributed by atoms with Crippen molar-refractivity contribution in [1.82, 2.24) is 4.90 Å². The van der Waals surface area contributed by atoms with Gasteiger partial charge in [-0.15, -0.1) is 0 Å². The lowest BCUT2D eigenvalue weighted by molar-refractivity contribution is -0.0414. The molecule has 1 amide bonds. The minimum absolute atomic E-state index is 0.0617. The molecule has 2 heterocycles. The van der Waals surface area contributed by atoms with Crippen LogP contribution in [0.2, 0.25) is 0 Å². The van der Waals surface area contributed by atoms with Gasteiger partial charge >= 0.3 is 0 Å². The van der Waals surface area contributed by atoms with Crippen LogP contribution >= 0.6 is 0 Å². The molecular formula is C21H29NO3. The molecule has 1 atom stereocenters. The van der Waals surface area contributed by atoms with Crippen molar-refractivity contribution in [3.8, 4) is 0 Å². The smallest absolute Gasteiger partial charge is 0.253 e. The summed E-state index contributed by atoms with van der Waals surface area (Å²) < 4.78 is 12.3. The Hall–Kier alpha value is -1.39. The fourth-order valence-electron chi connectivity index (χ4n) is 4.59. The maximum Gasteiger partial charge on any atom is 0.253 e. The quantitative estimate of drug-likeness (QED) is 0.837. The first kappa shape index (κ1) is 17.0. The van der Waals surface area contributed by atoms with Crippen molar-refractivity contribution in [3.05, 3.63) is 35.9 Å². The number of amides is 1. The van der Waals surface area contributed by atoms with Gasteiger partial charge in [-0.2, -0.15) is 0 Å². The van der Waals surface area contributed by atoms with Gasteiger partial charge in [0, 0.05) is 31.7 Å². The van der Waals surface area contributed by atoms with Crippen LogP contribution in [0.15, 0.2) is 30.3 Å². The molecule has 3 fully saturated rings. The molecule has 0 radical (unpaired) electrons. The predicted octanol–water partition coefficient (Wildman–Crippen LogP) is 3.66. The summed E-state index contributed by atoms with van der Waals surface area (Å²) in [7, 11) is 0. The van der Waals surface area contributed by atoms with Gasteiger partial charge in [-0.25, -0.2) is 0 Å². The van der Waals surface area contributed by atoms with Crippen LogP contribution in [0.1, 0.15) is 55.3 Å². The number of rotatable bonds is 4. The van der Waals surface area contributed by atoms with Crippen molar-refractivity contribution in [1.29, 1.82) is 0 Å². The third-order valence-corrected chi connectivity index (χ3v) is 6.20. The minimum atomic E-state index is -0.0617. The SMILES string of the molecule is O=C(c1ccccc1)N1CCC2(CC1)CC(OCC1CCCC1)CO2. The zero-order valence-corrected chi connectivity index (χ0v) is 15.0. The number of piperidine rings is 1. The number of hydrogen-bond donors (Lipinski definition) is 0. The highest BCUT2D eigenvalue weighted by molar-refractivity contribution is 5.94. The van der Waals surface area contributed by atoms with E-state index in [4.69, 9.17) is 9.47 Å². The lowest BCUT2D eigenvalue weighted by Gasteiger charge is -2.38. The Kier molecular flexibility index (Phi) is 5.09. The van der Waals surface area contributed by atoms with Crippen LogP contribution in [-0.4, -0.2) is 48.8 Å². The van der Waals surface area contributed by atoms with Crippen molar-refractivity contribution in [2.45, 2.75) is 56.7 Å². The van der Waals surface area contributed by atoms with Crippen LogP contribution < -0.4 is 0 Å². The second kappa shape index (κ2) is 7.46. The lowest BCUT2D eigenvalue weighted by Crippen LogP contribution is -2.46. The molecule has 1 unspecified atom stereocenters. The Bertz CT molecular complexity index is 574. The highest BCUT2D eigenvalue weighted by Crippen LogP contribution is 2.38. The Morgan fingerprint density at radius 3 is 2.60 bits per heavy atom. The Balaban J connectivity index is 1.26. The van der Waals surface area contributed by atoms with E-state index in [1.165, 1.54) is 25.7 Å². The summed E-state index contributed by atoms with van der Waals surface area (Å²) in [6.45, 7) is 3.19. The average molecular weight is 343 g/mol. The van der Waals surface area contributed by atoms with Gasteiger partial charge in [-0.05, 0) is 43.7 Å². The van der Waals surface area contributed by atoms with Crippen LogP contribution in [0.4, 0.5) is 0 Å². The molecule has 136 valence electrons. The van der Waals surface area contributed by atoms with Crippen molar-refractivity contribution in [2.75, 3.05) is 26.3 Å². The van der Waals surface area contributed by atoms with Crippen LogP contribution in [-0.2, 0) is 9.47 Å². The summed E-state index contributed by atoms with van der Waals surface area (Å²) in [4.78, 5) is 14.5. The van der Waals surface area contributed by atoms with E-state index in [1.807, 2.05) is 35.2 Å². The molecule has 4 nitrogen and oxygen atoms in total. The molecule has 0 N–H and O–H groups in total. The van der Waals surface area contributed by atoms with Crippen molar-refractivity contribution >= 4 is 5.91 Å². The summed E-state index contributed by atoms with van der Waals surface area (Å²) >= 11 is 0. The van der Waals surface area contributed by atoms with Gasteiger partial charge in [0.25, 0.3) is 5.91 Å². The van der Waals surface area contributed by atoms with E-state index >= 15 is 0 Å². The summed E-state index contributed by atoms with van der Waals surface area (Å²) in [5.41, 5.74) is 0.719. The van der Waals surface area contributed by atoms with Crippen LogP contribution in [0, 0.1) is 5.92 Å². The van der Waals surface area contributed by atoms with Gasteiger partial charge in [0.2, 0.25) is 0 Å². The van der Waals surface area contributed by atoms with Crippen LogP contribution in [0.5, 0.6) is 0 Å². The molecule has 0 aromatic heterocycles. The molecule has 1 aromatic carbocycles. The monoisotopic (exact) mass is 343 g/mol. The average Bonchev–Trinajstić information content (AvgIpc) is 3.31. The highest BCUT2D eigenvalue weighted by Gasteiger charge is 2.44. The van der Waals surface area contributed by atoms with Gasteiger partial charge in [-0.3, -0.25) is 4.79 Å². The molecule has 1 saturated carbocycles. The largest absolute Gasteiger partial charge is 0.375 e. The maximum absolute atomic E-state index is 12.6. The third-order valence-electron chi connectivity index (χ3n) is 6.20. The number of likely N-dealkylation sites (tertiary alicyclic amines) is 1. The van der Waals surface area contributed by atoms with Crippen molar-refractivity contribution < 1.29 is 14.3 Å². The molecule has 1 aromatic rings. The number of benzene rings is 1. The van der Waals surface area contributed by atoms with Crippen LogP contribution in [0.3, 0.4) is 0 Å². The summed E-state index contributed by atoms with van der Waals surface area (Å²) in [5, 5.41) is 0. The number of nitrogens with zero attached hydrogens (tertiary/aromatic N) is 1. The first-order chi connectivity index (χ1) is 12.2. The lowest BCUT2D eigenvalue weighted by atomic mass is 9.87. The number of ether oxygens (including phenoxy) is 2. The topological polar surface area (TPSA) is 38.8 Å². The van der Waals surface area contributed by atoms with Crippen LogP contribution in [0.25, 0.3) is 0 Å². The Labute approximate surface area is 150 Å². The molecule has 1 aliphatic carbocycles. The molecule has 4 heteroatoms. The Morgan fingerprint density at radius 2 is 1.88 bits per heavy atom. The van der Waals surface area contributed by atoms with Crippen molar-refractivity contribution in [3.63, 3.8) is 0 Å². The second-order valence-corrected chi connectivity index (χ2v) is 7.96. The molecular weight excluding hydrogens is 314 g/mol. The molecule has 25 heavy (non-hydrogen) atoms. The zero-order chi connectivity index (χ0) is 17.1. The van der Waals surface area contributed by atoms with Crippen molar-refractivity contribution in [2.24, 2.45) is 5.92 Å². The molecule has 0 bridgehead atoms. The third kappa shape index (κ3) is 3.90. The Morgan fingerprint density at radius 1 is 1.16 bits per heavy atom. The molecule has 4 rings (SSSR count). The van der Waals surface area contributed by atoms with E-state index in [-0.39, 0.29) is 17.6 Å². The normalized spacial score (nSPS) is 26.4. The fourth-order valence-corrected chi connectivity index (χ4v) is 4.59. The summed E-state index contributed by atoms with van der Waals surface area (Å²) in [6, 6.07) is 9.58. The maximum atomic E-state index is 12.6. The van der Waals surface area contributed by atoms with Gasteiger partial charge < -0.3 is 14.4 Å². The van der Waals surface area contributed by atoms with E-state index in [9.17, 15) is 4.79 Å². The minimum Gasteiger partial charge on any atom is -0.375 e. The van der Waals surface area contributed by atoms with E-state index in [0.29, 0.717) is 0 Å². The molecule has 2 saturated heterocycles. The standard InChI is InChI=1S/C21H29NO3/c23-20(18-8-2-1-3-9-18)22-12-10-21(11-13-22)14-19(16-25-21)24-15-17-6-4-5-7-17/h1-3,8-9,17,19H,4-7,10-16H2. The summed E-state index contributed by atoms with van der Waals surface area (Å²) in [6.07, 6.45) is 8.48. The summed E-state index contributed by atoms with van der Waals surface area (Å²) in [5.74, 6) is 0.907. The number of carbonyl (C=O) groups is 1. The number of carbonyl (C=O) groups excluding carboxylic acids is 1. The van der Waals surface area contributed by atoms with E-state index < -0.39 is 0 Å². The van der Waals surface area contributed by atoms with E-state index in [2.05, 4.69) is 0 Å². The van der Waals surface area contributed by atoms with Gasteiger partial charge in [0.05, 0.1) is 18.3 Å². The first-order valence-corrected chi connectivity index (χ1v) is 9.84. The fraction of sp³-hybridized carbons (Fsp3) is 0.667. The predicted molar refractivity (Wildman–Crippen MR) is 96.6 cm³/mol. The molecule has 1 spiro atoms. The number of hydrogen-bond acceptors (Lipinski definition) is 3. The second-order valence-electron chi connectivity index (χ2n) is 7.96. The van der Waals surface area contributed by atoms with E-state index in [0.717, 1.165) is 57.0 Å². The zero-order valence-electron chi connectivity index (χ0n) is 15.0. The molecule has 2 aliphatic heterocycles. The highest BCUT2D eigenvalue weighted by atomic mass is 16.6. The first-order valence-electron chi connectivity index (χ1n) is 9.84. The van der Waals surface area contributed by atoms with E-state index in [1.54, 1.807) is 0 Å². The molecule has 3 aliphatic rings.